The molecule has 0 fully saturated rings. The zero-order valence-electron chi connectivity index (χ0n) is 16.5. The molecule has 0 aliphatic heterocycles. The Morgan fingerprint density at radius 3 is 2.33 bits per heavy atom. The predicted octanol–water partition coefficient (Wildman–Crippen LogP) is 3.91. The third-order valence-corrected chi connectivity index (χ3v) is 4.83. The Morgan fingerprint density at radius 1 is 0.967 bits per heavy atom. The lowest BCUT2D eigenvalue weighted by Crippen LogP contribution is -2.14. The van der Waals surface area contributed by atoms with Crippen LogP contribution in [0.1, 0.15) is 27.6 Å². The fourth-order valence-corrected chi connectivity index (χ4v) is 3.38. The van der Waals surface area contributed by atoms with Gasteiger partial charge in [0.1, 0.15) is 11.6 Å². The van der Waals surface area contributed by atoms with Crippen LogP contribution in [0.3, 0.4) is 0 Å². The zero-order valence-corrected chi connectivity index (χ0v) is 16.5. The molecule has 0 unspecified atom stereocenters. The molecule has 30 heavy (non-hydrogen) atoms. The summed E-state index contributed by atoms with van der Waals surface area (Å²) in [5.41, 5.74) is 3.10. The number of tetrazole rings is 1. The Hall–Kier alpha value is -3.88. The number of anilines is 1. The molecule has 2 aromatic heterocycles. The SMILES string of the molecule is Cc1nnnn1-c1ccc(F)c(NC(=O)c2cc(C)n(-c3ccc(F)cc3)c2C)c1. The highest BCUT2D eigenvalue weighted by atomic mass is 19.1. The van der Waals surface area contributed by atoms with Crippen molar-refractivity contribution in [3.05, 3.63) is 82.9 Å². The lowest BCUT2D eigenvalue weighted by Gasteiger charge is -2.11. The van der Waals surface area contributed by atoms with Crippen LogP contribution < -0.4 is 5.32 Å². The first-order valence-electron chi connectivity index (χ1n) is 9.16. The summed E-state index contributed by atoms with van der Waals surface area (Å²) < 4.78 is 30.9. The van der Waals surface area contributed by atoms with Crippen molar-refractivity contribution in [2.75, 3.05) is 5.32 Å². The zero-order chi connectivity index (χ0) is 21.4. The number of amides is 1. The lowest BCUT2D eigenvalue weighted by atomic mass is 10.2. The number of halogens is 2. The van der Waals surface area contributed by atoms with E-state index in [9.17, 15) is 13.6 Å². The second kappa shape index (κ2) is 7.51. The smallest absolute Gasteiger partial charge is 0.257 e. The van der Waals surface area contributed by atoms with Gasteiger partial charge in [-0.15, -0.1) is 5.10 Å². The molecule has 0 saturated carbocycles. The van der Waals surface area contributed by atoms with E-state index < -0.39 is 11.7 Å². The normalized spacial score (nSPS) is 11.0. The summed E-state index contributed by atoms with van der Waals surface area (Å²) in [6.07, 6.45) is 0. The van der Waals surface area contributed by atoms with Gasteiger partial charge in [-0.25, -0.2) is 8.78 Å². The van der Waals surface area contributed by atoms with Crippen molar-refractivity contribution in [2.24, 2.45) is 0 Å². The summed E-state index contributed by atoms with van der Waals surface area (Å²) in [7, 11) is 0. The molecular formula is C21H18F2N6O. The van der Waals surface area contributed by atoms with Gasteiger partial charge in [-0.1, -0.05) is 0 Å². The summed E-state index contributed by atoms with van der Waals surface area (Å²) in [6, 6.07) is 11.9. The maximum Gasteiger partial charge on any atom is 0.257 e. The Bertz CT molecular complexity index is 1240. The van der Waals surface area contributed by atoms with Gasteiger partial charge in [0.05, 0.1) is 16.9 Å². The van der Waals surface area contributed by atoms with Gasteiger partial charge in [0.25, 0.3) is 5.91 Å². The monoisotopic (exact) mass is 408 g/mol. The van der Waals surface area contributed by atoms with Crippen LogP contribution >= 0.6 is 0 Å². The summed E-state index contributed by atoms with van der Waals surface area (Å²) in [5.74, 6) is -0.847. The molecule has 0 aliphatic carbocycles. The first-order valence-corrected chi connectivity index (χ1v) is 9.16. The predicted molar refractivity (Wildman–Crippen MR) is 107 cm³/mol. The van der Waals surface area contributed by atoms with Crippen molar-refractivity contribution in [1.29, 1.82) is 0 Å². The molecule has 0 bridgehead atoms. The van der Waals surface area contributed by atoms with Gasteiger partial charge in [0.15, 0.2) is 5.82 Å². The van der Waals surface area contributed by atoms with Crippen LogP contribution in [-0.2, 0) is 0 Å². The van der Waals surface area contributed by atoms with E-state index in [0.717, 1.165) is 11.4 Å². The largest absolute Gasteiger partial charge is 0.319 e. The fraction of sp³-hybridized carbons (Fsp3) is 0.143. The molecule has 4 aromatic rings. The lowest BCUT2D eigenvalue weighted by molar-refractivity contribution is 0.102. The minimum absolute atomic E-state index is 0.0129. The van der Waals surface area contributed by atoms with Gasteiger partial charge in [-0.05, 0) is 79.7 Å². The Labute approximate surface area is 171 Å². The van der Waals surface area contributed by atoms with Crippen LogP contribution in [0.15, 0.2) is 48.5 Å². The second-order valence-electron chi connectivity index (χ2n) is 6.85. The summed E-state index contributed by atoms with van der Waals surface area (Å²) in [5, 5.41) is 13.9. The Morgan fingerprint density at radius 2 is 1.67 bits per heavy atom. The molecule has 0 radical (unpaired) electrons. The quantitative estimate of drug-likeness (QED) is 0.555. The molecular weight excluding hydrogens is 390 g/mol. The number of nitrogens with zero attached hydrogens (tertiary/aromatic N) is 5. The molecule has 1 amide bonds. The molecule has 0 aliphatic rings. The average molecular weight is 408 g/mol. The highest BCUT2D eigenvalue weighted by molar-refractivity contribution is 6.05. The number of nitrogens with one attached hydrogen (secondary N) is 1. The summed E-state index contributed by atoms with van der Waals surface area (Å²) in [6.45, 7) is 5.34. The number of aryl methyl sites for hydroxylation is 2. The van der Waals surface area contributed by atoms with Crippen molar-refractivity contribution in [3.8, 4) is 11.4 Å². The number of carbonyl (C=O) groups excluding carboxylic acids is 1. The van der Waals surface area contributed by atoms with Crippen molar-refractivity contribution >= 4 is 11.6 Å². The van der Waals surface area contributed by atoms with E-state index in [1.165, 1.54) is 35.0 Å². The first-order chi connectivity index (χ1) is 14.3. The van der Waals surface area contributed by atoms with E-state index in [1.807, 2.05) is 11.5 Å². The topological polar surface area (TPSA) is 77.6 Å². The van der Waals surface area contributed by atoms with E-state index in [-0.39, 0.29) is 11.5 Å². The fourth-order valence-electron chi connectivity index (χ4n) is 3.38. The number of carbonyl (C=O) groups is 1. The number of hydrogen-bond acceptors (Lipinski definition) is 4. The van der Waals surface area contributed by atoms with Gasteiger partial charge in [-0.3, -0.25) is 4.79 Å². The Balaban J connectivity index is 1.66. The van der Waals surface area contributed by atoms with Crippen molar-refractivity contribution in [1.82, 2.24) is 24.8 Å². The molecule has 4 rings (SSSR count). The van der Waals surface area contributed by atoms with E-state index in [1.54, 1.807) is 32.0 Å². The van der Waals surface area contributed by atoms with Crippen molar-refractivity contribution in [3.63, 3.8) is 0 Å². The average Bonchev–Trinajstić information content (AvgIpc) is 3.27. The van der Waals surface area contributed by atoms with Gasteiger partial charge in [-0.2, -0.15) is 4.68 Å². The summed E-state index contributed by atoms with van der Waals surface area (Å²) in [4.78, 5) is 12.9. The minimum Gasteiger partial charge on any atom is -0.319 e. The third kappa shape index (κ3) is 3.45. The number of rotatable bonds is 4. The molecule has 0 spiro atoms. The van der Waals surface area contributed by atoms with E-state index in [0.29, 0.717) is 22.8 Å². The maximum absolute atomic E-state index is 14.4. The molecule has 9 heteroatoms. The van der Waals surface area contributed by atoms with Crippen LogP contribution in [0, 0.1) is 32.4 Å². The van der Waals surface area contributed by atoms with Crippen LogP contribution in [0.5, 0.6) is 0 Å². The van der Waals surface area contributed by atoms with Crippen LogP contribution in [0.4, 0.5) is 14.5 Å². The minimum atomic E-state index is -0.579. The van der Waals surface area contributed by atoms with Gasteiger partial charge < -0.3 is 9.88 Å². The summed E-state index contributed by atoms with van der Waals surface area (Å²) >= 11 is 0. The van der Waals surface area contributed by atoms with E-state index in [4.69, 9.17) is 0 Å². The third-order valence-electron chi connectivity index (χ3n) is 4.83. The number of aromatic nitrogens is 5. The van der Waals surface area contributed by atoms with Crippen molar-refractivity contribution < 1.29 is 13.6 Å². The molecule has 152 valence electrons. The second-order valence-corrected chi connectivity index (χ2v) is 6.85. The van der Waals surface area contributed by atoms with Crippen LogP contribution in [0.25, 0.3) is 11.4 Å². The van der Waals surface area contributed by atoms with Crippen LogP contribution in [0.2, 0.25) is 0 Å². The van der Waals surface area contributed by atoms with Gasteiger partial charge in [0.2, 0.25) is 0 Å². The molecule has 7 nitrogen and oxygen atoms in total. The first kappa shape index (κ1) is 19.4. The molecule has 1 N–H and O–H groups in total. The maximum atomic E-state index is 14.4. The van der Waals surface area contributed by atoms with Gasteiger partial charge in [0, 0.05) is 17.1 Å². The number of hydrogen-bond donors (Lipinski definition) is 1. The number of benzene rings is 2. The van der Waals surface area contributed by atoms with E-state index in [2.05, 4.69) is 20.8 Å². The molecule has 2 heterocycles. The molecule has 2 aromatic carbocycles. The standard InChI is InChI=1S/C21H18F2N6O/c1-12-10-18(13(2)28(12)16-6-4-15(22)5-7-16)21(30)24-20-11-17(8-9-19(20)23)29-14(3)25-26-27-29/h4-11H,1-3H3,(H,24,30). The molecule has 0 atom stereocenters. The van der Waals surface area contributed by atoms with Crippen LogP contribution in [-0.4, -0.2) is 30.7 Å². The Kier molecular flexibility index (Phi) is 4.86. The van der Waals surface area contributed by atoms with Crippen molar-refractivity contribution in [2.45, 2.75) is 20.8 Å². The highest BCUT2D eigenvalue weighted by Crippen LogP contribution is 2.24. The van der Waals surface area contributed by atoms with Gasteiger partial charge >= 0.3 is 0 Å². The van der Waals surface area contributed by atoms with E-state index >= 15 is 0 Å². The molecule has 0 saturated heterocycles. The highest BCUT2D eigenvalue weighted by Gasteiger charge is 2.18.